The molecule has 3 heteroatoms. The summed E-state index contributed by atoms with van der Waals surface area (Å²) in [7, 11) is 0. The zero-order valence-electron chi connectivity index (χ0n) is 7.45. The smallest absolute Gasteiger partial charge is 0.164 e. The van der Waals surface area contributed by atoms with E-state index in [-0.39, 0.29) is 0 Å². The molecule has 0 saturated carbocycles. The highest BCUT2D eigenvalue weighted by molar-refractivity contribution is 5.48. The molecule has 0 fully saturated rings. The molecule has 0 atom stereocenters. The normalized spacial score (nSPS) is 13.6. The third-order valence-corrected chi connectivity index (χ3v) is 2.05. The quantitative estimate of drug-likeness (QED) is 0.751. The SMILES string of the molecule is NCCOc1cccc2c1OCC2. The van der Waals surface area contributed by atoms with E-state index in [1.807, 2.05) is 12.1 Å². The van der Waals surface area contributed by atoms with E-state index in [1.165, 1.54) is 5.56 Å². The second-order valence-electron chi connectivity index (χ2n) is 2.98. The molecular weight excluding hydrogens is 166 g/mol. The maximum atomic E-state index is 5.46. The number of fused-ring (bicyclic) bond motifs is 1. The maximum Gasteiger partial charge on any atom is 0.164 e. The lowest BCUT2D eigenvalue weighted by molar-refractivity contribution is 0.292. The fourth-order valence-corrected chi connectivity index (χ4v) is 1.47. The molecule has 2 N–H and O–H groups in total. The number of benzene rings is 1. The fraction of sp³-hybridized carbons (Fsp3) is 0.400. The standard InChI is InChI=1S/C10H13NO2/c11-5-7-12-9-3-1-2-8-4-6-13-10(8)9/h1-3H,4-7,11H2. The third-order valence-electron chi connectivity index (χ3n) is 2.05. The zero-order chi connectivity index (χ0) is 9.10. The Morgan fingerprint density at radius 1 is 1.46 bits per heavy atom. The molecule has 0 radical (unpaired) electrons. The molecule has 1 aliphatic rings. The molecule has 1 aromatic rings. The third kappa shape index (κ3) is 1.60. The number of hydrogen-bond acceptors (Lipinski definition) is 3. The van der Waals surface area contributed by atoms with Gasteiger partial charge in [-0.2, -0.15) is 0 Å². The first kappa shape index (κ1) is 8.38. The van der Waals surface area contributed by atoms with Crippen LogP contribution in [0, 0.1) is 0 Å². The molecule has 0 spiro atoms. The van der Waals surface area contributed by atoms with Crippen LogP contribution >= 0.6 is 0 Å². The lowest BCUT2D eigenvalue weighted by Gasteiger charge is -2.08. The first-order valence-corrected chi connectivity index (χ1v) is 4.49. The van der Waals surface area contributed by atoms with E-state index >= 15 is 0 Å². The van der Waals surface area contributed by atoms with Crippen LogP contribution in [0.1, 0.15) is 5.56 Å². The van der Waals surface area contributed by atoms with Crippen LogP contribution in [0.25, 0.3) is 0 Å². The first-order valence-electron chi connectivity index (χ1n) is 4.49. The van der Waals surface area contributed by atoms with Crippen molar-refractivity contribution in [2.45, 2.75) is 6.42 Å². The summed E-state index contributed by atoms with van der Waals surface area (Å²) in [4.78, 5) is 0. The summed E-state index contributed by atoms with van der Waals surface area (Å²) in [6.07, 6.45) is 0.981. The molecular formula is C10H13NO2. The second kappa shape index (κ2) is 3.66. The van der Waals surface area contributed by atoms with E-state index in [0.29, 0.717) is 13.2 Å². The van der Waals surface area contributed by atoms with Crippen molar-refractivity contribution < 1.29 is 9.47 Å². The number of nitrogens with two attached hydrogens (primary N) is 1. The molecule has 0 saturated heterocycles. The molecule has 0 aromatic heterocycles. The van der Waals surface area contributed by atoms with Gasteiger partial charge in [0.15, 0.2) is 11.5 Å². The van der Waals surface area contributed by atoms with E-state index in [2.05, 4.69) is 6.07 Å². The van der Waals surface area contributed by atoms with E-state index in [4.69, 9.17) is 15.2 Å². The van der Waals surface area contributed by atoms with E-state index in [0.717, 1.165) is 24.5 Å². The van der Waals surface area contributed by atoms with Gasteiger partial charge in [-0.05, 0) is 6.07 Å². The minimum Gasteiger partial charge on any atom is -0.489 e. The summed E-state index contributed by atoms with van der Waals surface area (Å²) in [6.45, 7) is 1.84. The van der Waals surface area contributed by atoms with Gasteiger partial charge in [0.05, 0.1) is 6.61 Å². The number of ether oxygens (including phenoxy) is 2. The Balaban J connectivity index is 2.20. The van der Waals surface area contributed by atoms with Crippen LogP contribution in [0.2, 0.25) is 0 Å². The predicted octanol–water partition coefficient (Wildman–Crippen LogP) is 0.959. The molecule has 70 valence electrons. The maximum absolute atomic E-state index is 5.46. The van der Waals surface area contributed by atoms with Crippen molar-refractivity contribution >= 4 is 0 Å². The first-order chi connectivity index (χ1) is 6.42. The van der Waals surface area contributed by atoms with Crippen molar-refractivity contribution in [1.29, 1.82) is 0 Å². The summed E-state index contributed by atoms with van der Waals surface area (Å²) < 4.78 is 10.9. The van der Waals surface area contributed by atoms with Crippen LogP contribution in [-0.2, 0) is 6.42 Å². The molecule has 3 nitrogen and oxygen atoms in total. The average molecular weight is 179 g/mol. The Kier molecular flexibility index (Phi) is 2.36. The molecule has 13 heavy (non-hydrogen) atoms. The van der Waals surface area contributed by atoms with Crippen molar-refractivity contribution in [3.8, 4) is 11.5 Å². The summed E-state index contributed by atoms with van der Waals surface area (Å²) >= 11 is 0. The Bertz CT molecular complexity index is 299. The van der Waals surface area contributed by atoms with Crippen LogP contribution in [0.3, 0.4) is 0 Å². The van der Waals surface area contributed by atoms with Crippen LogP contribution in [0.5, 0.6) is 11.5 Å². The molecule has 0 bridgehead atoms. The molecule has 0 unspecified atom stereocenters. The van der Waals surface area contributed by atoms with Gasteiger partial charge < -0.3 is 15.2 Å². The van der Waals surface area contributed by atoms with Gasteiger partial charge in [-0.25, -0.2) is 0 Å². The van der Waals surface area contributed by atoms with Crippen molar-refractivity contribution in [1.82, 2.24) is 0 Å². The molecule has 0 amide bonds. The van der Waals surface area contributed by atoms with Crippen LogP contribution in [0.15, 0.2) is 18.2 Å². The van der Waals surface area contributed by atoms with Crippen LogP contribution < -0.4 is 15.2 Å². The van der Waals surface area contributed by atoms with Gasteiger partial charge in [0.1, 0.15) is 6.61 Å². The monoisotopic (exact) mass is 179 g/mol. The lowest BCUT2D eigenvalue weighted by Crippen LogP contribution is -2.10. The van der Waals surface area contributed by atoms with Gasteiger partial charge in [0.25, 0.3) is 0 Å². The van der Waals surface area contributed by atoms with Crippen molar-refractivity contribution in [3.05, 3.63) is 23.8 Å². The largest absolute Gasteiger partial charge is 0.489 e. The van der Waals surface area contributed by atoms with E-state index < -0.39 is 0 Å². The average Bonchev–Trinajstić information content (AvgIpc) is 2.62. The minimum atomic E-state index is 0.531. The van der Waals surface area contributed by atoms with Crippen LogP contribution in [0.4, 0.5) is 0 Å². The molecule has 0 aliphatic carbocycles. The number of rotatable bonds is 3. The van der Waals surface area contributed by atoms with Gasteiger partial charge in [0, 0.05) is 18.5 Å². The Hall–Kier alpha value is -1.22. The van der Waals surface area contributed by atoms with Gasteiger partial charge in [-0.15, -0.1) is 0 Å². The fourth-order valence-electron chi connectivity index (χ4n) is 1.47. The van der Waals surface area contributed by atoms with Crippen molar-refractivity contribution in [2.24, 2.45) is 5.73 Å². The second-order valence-corrected chi connectivity index (χ2v) is 2.98. The van der Waals surface area contributed by atoms with Gasteiger partial charge in [-0.3, -0.25) is 0 Å². The minimum absolute atomic E-state index is 0.531. The molecule has 1 aromatic carbocycles. The van der Waals surface area contributed by atoms with Gasteiger partial charge in [-0.1, -0.05) is 12.1 Å². The molecule has 1 aliphatic heterocycles. The lowest BCUT2D eigenvalue weighted by atomic mass is 10.1. The number of para-hydroxylation sites is 1. The predicted molar refractivity (Wildman–Crippen MR) is 50.2 cm³/mol. The Morgan fingerprint density at radius 2 is 2.38 bits per heavy atom. The summed E-state index contributed by atoms with van der Waals surface area (Å²) in [5.74, 6) is 1.72. The van der Waals surface area contributed by atoms with E-state index in [1.54, 1.807) is 0 Å². The van der Waals surface area contributed by atoms with Crippen LogP contribution in [-0.4, -0.2) is 19.8 Å². The summed E-state index contributed by atoms with van der Waals surface area (Å²) in [5, 5.41) is 0. The topological polar surface area (TPSA) is 44.5 Å². The summed E-state index contributed by atoms with van der Waals surface area (Å²) in [5.41, 5.74) is 6.59. The van der Waals surface area contributed by atoms with Crippen molar-refractivity contribution in [3.63, 3.8) is 0 Å². The highest BCUT2D eigenvalue weighted by Gasteiger charge is 2.16. The highest BCUT2D eigenvalue weighted by atomic mass is 16.5. The summed E-state index contributed by atoms with van der Waals surface area (Å²) in [6, 6.07) is 5.97. The van der Waals surface area contributed by atoms with Crippen molar-refractivity contribution in [2.75, 3.05) is 19.8 Å². The van der Waals surface area contributed by atoms with Gasteiger partial charge in [0.2, 0.25) is 0 Å². The number of hydrogen-bond donors (Lipinski definition) is 1. The zero-order valence-corrected chi connectivity index (χ0v) is 7.45. The van der Waals surface area contributed by atoms with E-state index in [9.17, 15) is 0 Å². The molecule has 1 heterocycles. The van der Waals surface area contributed by atoms with Gasteiger partial charge >= 0.3 is 0 Å². The molecule has 2 rings (SSSR count). The highest BCUT2D eigenvalue weighted by Crippen LogP contribution is 2.35. The Labute approximate surface area is 77.5 Å². The Morgan fingerprint density at radius 3 is 3.23 bits per heavy atom.